The number of thioether (sulfide) groups is 1. The number of carbonyl (C=O) groups is 2. The molecule has 2 aliphatic heterocycles. The number of anilines is 1. The quantitative estimate of drug-likeness (QED) is 0.486. The van der Waals surface area contributed by atoms with Gasteiger partial charge in [0.1, 0.15) is 0 Å². The van der Waals surface area contributed by atoms with E-state index in [0.29, 0.717) is 11.4 Å². The first-order chi connectivity index (χ1) is 9.50. The van der Waals surface area contributed by atoms with Crippen LogP contribution in [0.15, 0.2) is 24.3 Å². The molecule has 2 amide bonds. The summed E-state index contributed by atoms with van der Waals surface area (Å²) < 4.78 is 0. The summed E-state index contributed by atoms with van der Waals surface area (Å²) in [6.45, 7) is 0. The summed E-state index contributed by atoms with van der Waals surface area (Å²) in [6, 6.07) is 5.22. The van der Waals surface area contributed by atoms with E-state index in [0.717, 1.165) is 4.90 Å². The predicted molar refractivity (Wildman–Crippen MR) is 71.3 cm³/mol. The number of benzene rings is 1. The number of hydrogen-bond acceptors (Lipinski definition) is 6. The van der Waals surface area contributed by atoms with Gasteiger partial charge in [-0.25, -0.2) is 4.90 Å². The van der Waals surface area contributed by atoms with Crippen LogP contribution in [0.5, 0.6) is 0 Å². The van der Waals surface area contributed by atoms with Crippen LogP contribution in [0.4, 0.5) is 11.4 Å². The normalized spacial score (nSPS) is 28.9. The first-order valence-electron chi connectivity index (χ1n) is 5.92. The summed E-state index contributed by atoms with van der Waals surface area (Å²) in [4.78, 5) is 35.5. The topological polar surface area (TPSA) is 101 Å². The molecule has 3 rings (SSSR count). The number of carbonyl (C=O) groups excluding carboxylic acids is 2. The van der Waals surface area contributed by atoms with E-state index in [2.05, 4.69) is 0 Å². The van der Waals surface area contributed by atoms with E-state index in [4.69, 9.17) is 0 Å². The standard InChI is InChI=1S/C12H10N2O5S/c15-8-5-20-10-9(8)11(16)13(12(10)17)6-1-3-7(4-2-6)14(18)19/h1-4,8-10,15H,5H2/t8-,9-,10+/m1/s1. The lowest BCUT2D eigenvalue weighted by Crippen LogP contribution is -2.34. The number of nitro groups is 1. The van der Waals surface area contributed by atoms with Crippen LogP contribution < -0.4 is 4.90 Å². The van der Waals surface area contributed by atoms with Gasteiger partial charge in [-0.1, -0.05) is 0 Å². The van der Waals surface area contributed by atoms with Crippen LogP contribution in [0.2, 0.25) is 0 Å². The summed E-state index contributed by atoms with van der Waals surface area (Å²) in [5.41, 5.74) is 0.190. The summed E-state index contributed by atoms with van der Waals surface area (Å²) in [5.74, 6) is -1.13. The fraction of sp³-hybridized carbons (Fsp3) is 0.333. The Bertz CT molecular complexity index is 602. The second kappa shape index (κ2) is 4.57. The minimum Gasteiger partial charge on any atom is -0.391 e. The van der Waals surface area contributed by atoms with Crippen LogP contribution in [0, 0.1) is 16.0 Å². The van der Waals surface area contributed by atoms with Gasteiger partial charge in [-0.05, 0) is 12.1 Å². The fourth-order valence-corrected chi connectivity index (χ4v) is 3.86. The Morgan fingerprint density at radius 2 is 1.90 bits per heavy atom. The van der Waals surface area contributed by atoms with E-state index in [1.807, 2.05) is 0 Å². The molecule has 2 heterocycles. The monoisotopic (exact) mass is 294 g/mol. The average molecular weight is 294 g/mol. The zero-order chi connectivity index (χ0) is 14.4. The van der Waals surface area contributed by atoms with Crippen LogP contribution in [-0.2, 0) is 9.59 Å². The molecule has 1 aromatic carbocycles. The zero-order valence-corrected chi connectivity index (χ0v) is 10.9. The molecule has 2 fully saturated rings. The highest BCUT2D eigenvalue weighted by molar-refractivity contribution is 8.01. The first kappa shape index (κ1) is 13.1. The molecule has 0 saturated carbocycles. The maximum atomic E-state index is 12.2. The molecule has 1 aromatic rings. The number of nitro benzene ring substituents is 1. The second-order valence-corrected chi connectivity index (χ2v) is 5.81. The van der Waals surface area contributed by atoms with E-state index in [-0.39, 0.29) is 11.6 Å². The third-order valence-corrected chi connectivity index (χ3v) is 4.86. The van der Waals surface area contributed by atoms with Crippen LogP contribution in [0.25, 0.3) is 0 Å². The number of fused-ring (bicyclic) bond motifs is 1. The van der Waals surface area contributed by atoms with Crippen molar-refractivity contribution in [2.45, 2.75) is 11.4 Å². The number of non-ortho nitro benzene ring substituents is 1. The van der Waals surface area contributed by atoms with Gasteiger partial charge in [0.15, 0.2) is 0 Å². The summed E-state index contributed by atoms with van der Waals surface area (Å²) in [6.07, 6.45) is -0.815. The van der Waals surface area contributed by atoms with E-state index < -0.39 is 28.1 Å². The van der Waals surface area contributed by atoms with E-state index in [1.54, 1.807) is 0 Å². The predicted octanol–water partition coefficient (Wildman–Crippen LogP) is 0.560. The number of nitrogens with zero attached hydrogens (tertiary/aromatic N) is 2. The number of amides is 2. The highest BCUT2D eigenvalue weighted by Gasteiger charge is 2.55. The number of rotatable bonds is 2. The van der Waals surface area contributed by atoms with Gasteiger partial charge < -0.3 is 5.11 Å². The Kier molecular flexibility index (Phi) is 2.98. The fourth-order valence-electron chi connectivity index (χ4n) is 2.49. The van der Waals surface area contributed by atoms with Gasteiger partial charge in [0, 0.05) is 17.9 Å². The minimum atomic E-state index is -0.815. The van der Waals surface area contributed by atoms with Crippen LogP contribution in [-0.4, -0.2) is 39.0 Å². The third kappa shape index (κ3) is 1.80. The molecule has 0 spiro atoms. The summed E-state index contributed by atoms with van der Waals surface area (Å²) >= 11 is 1.27. The van der Waals surface area contributed by atoms with Crippen LogP contribution >= 0.6 is 11.8 Å². The van der Waals surface area contributed by atoms with Gasteiger partial charge in [0.25, 0.3) is 5.69 Å². The largest absolute Gasteiger partial charge is 0.391 e. The van der Waals surface area contributed by atoms with Crippen molar-refractivity contribution in [2.75, 3.05) is 10.7 Å². The minimum absolute atomic E-state index is 0.109. The van der Waals surface area contributed by atoms with Crippen molar-refractivity contribution in [3.63, 3.8) is 0 Å². The van der Waals surface area contributed by atoms with Crippen molar-refractivity contribution in [1.82, 2.24) is 0 Å². The lowest BCUT2D eigenvalue weighted by Gasteiger charge is -2.16. The molecule has 20 heavy (non-hydrogen) atoms. The Balaban J connectivity index is 1.93. The maximum Gasteiger partial charge on any atom is 0.269 e. The third-order valence-electron chi connectivity index (χ3n) is 3.48. The first-order valence-corrected chi connectivity index (χ1v) is 6.97. The molecule has 0 radical (unpaired) electrons. The molecule has 7 nitrogen and oxygen atoms in total. The Labute approximate surface area is 117 Å². The van der Waals surface area contributed by atoms with E-state index >= 15 is 0 Å². The van der Waals surface area contributed by atoms with Crippen molar-refractivity contribution in [3.05, 3.63) is 34.4 Å². The Hall–Kier alpha value is -1.93. The smallest absolute Gasteiger partial charge is 0.269 e. The number of aliphatic hydroxyl groups is 1. The van der Waals surface area contributed by atoms with E-state index in [1.165, 1.54) is 36.0 Å². The van der Waals surface area contributed by atoms with Crippen molar-refractivity contribution >= 4 is 35.0 Å². The molecule has 0 aliphatic carbocycles. The Morgan fingerprint density at radius 1 is 1.25 bits per heavy atom. The number of imide groups is 1. The van der Waals surface area contributed by atoms with Crippen LogP contribution in [0.3, 0.4) is 0 Å². The van der Waals surface area contributed by atoms with Crippen molar-refractivity contribution in [3.8, 4) is 0 Å². The molecular weight excluding hydrogens is 284 g/mol. The van der Waals surface area contributed by atoms with Crippen molar-refractivity contribution in [1.29, 1.82) is 0 Å². The molecule has 0 aromatic heterocycles. The summed E-state index contributed by atoms with van der Waals surface area (Å²) in [5, 5.41) is 19.8. The van der Waals surface area contributed by atoms with Gasteiger partial charge in [-0.2, -0.15) is 0 Å². The van der Waals surface area contributed by atoms with Crippen LogP contribution in [0.1, 0.15) is 0 Å². The summed E-state index contributed by atoms with van der Waals surface area (Å²) in [7, 11) is 0. The molecule has 104 valence electrons. The zero-order valence-electron chi connectivity index (χ0n) is 10.1. The van der Waals surface area contributed by atoms with Gasteiger partial charge in [0.2, 0.25) is 11.8 Å². The lowest BCUT2D eigenvalue weighted by molar-refractivity contribution is -0.384. The highest BCUT2D eigenvalue weighted by Crippen LogP contribution is 2.41. The van der Waals surface area contributed by atoms with Gasteiger partial charge >= 0.3 is 0 Å². The lowest BCUT2D eigenvalue weighted by atomic mass is 10.0. The van der Waals surface area contributed by atoms with Gasteiger partial charge in [-0.15, -0.1) is 11.8 Å². The molecule has 2 aliphatic rings. The molecule has 8 heteroatoms. The second-order valence-electron chi connectivity index (χ2n) is 4.63. The molecular formula is C12H10N2O5S. The number of aliphatic hydroxyl groups excluding tert-OH is 1. The molecule has 2 saturated heterocycles. The van der Waals surface area contributed by atoms with E-state index in [9.17, 15) is 24.8 Å². The van der Waals surface area contributed by atoms with Crippen molar-refractivity contribution in [2.24, 2.45) is 5.92 Å². The highest BCUT2D eigenvalue weighted by atomic mass is 32.2. The Morgan fingerprint density at radius 3 is 2.45 bits per heavy atom. The van der Waals surface area contributed by atoms with Gasteiger partial charge in [0.05, 0.1) is 27.9 Å². The molecule has 1 N–H and O–H groups in total. The number of hydrogen-bond donors (Lipinski definition) is 1. The van der Waals surface area contributed by atoms with Crippen molar-refractivity contribution < 1.29 is 19.6 Å². The molecule has 0 bridgehead atoms. The van der Waals surface area contributed by atoms with Gasteiger partial charge in [-0.3, -0.25) is 19.7 Å². The SMILES string of the molecule is O=C1[C@@H]2[C@H](O)CS[C@@H]2C(=O)N1c1ccc([N+](=O)[O-])cc1. The molecule has 0 unspecified atom stereocenters. The molecule has 3 atom stereocenters. The maximum absolute atomic E-state index is 12.2. The average Bonchev–Trinajstić information content (AvgIpc) is 2.91.